The summed E-state index contributed by atoms with van der Waals surface area (Å²) in [5.74, 6) is 2.22. The Kier molecular flexibility index (Phi) is 4.99. The Morgan fingerprint density at radius 2 is 1.63 bits per heavy atom. The highest BCUT2D eigenvalue weighted by Gasteiger charge is 2.32. The molecule has 3 rings (SSSR count). The topological polar surface area (TPSA) is 96.0 Å². The number of ether oxygens (including phenoxy) is 5. The number of nitriles is 1. The van der Waals surface area contributed by atoms with Crippen LogP contribution in [0.4, 0.5) is 0 Å². The molecule has 1 aliphatic heterocycles. The van der Waals surface area contributed by atoms with Gasteiger partial charge in [0.05, 0.1) is 34.4 Å². The van der Waals surface area contributed by atoms with Crippen LogP contribution in [0.2, 0.25) is 0 Å². The van der Waals surface area contributed by atoms with Gasteiger partial charge in [0, 0.05) is 11.6 Å². The first-order chi connectivity index (χ1) is 13.1. The maximum absolute atomic E-state index is 9.69. The molecule has 0 aromatic heterocycles. The van der Waals surface area contributed by atoms with Crippen LogP contribution >= 0.6 is 0 Å². The molecule has 0 spiro atoms. The highest BCUT2D eigenvalue weighted by Crippen LogP contribution is 2.47. The number of hydrogen-bond donors (Lipinski definition) is 1. The van der Waals surface area contributed by atoms with Gasteiger partial charge in [-0.2, -0.15) is 5.26 Å². The van der Waals surface area contributed by atoms with E-state index in [9.17, 15) is 5.26 Å². The first kappa shape index (κ1) is 18.3. The van der Waals surface area contributed by atoms with Gasteiger partial charge in [0.2, 0.25) is 11.6 Å². The average molecular weight is 368 g/mol. The van der Waals surface area contributed by atoms with Crippen LogP contribution in [-0.2, 0) is 0 Å². The molecule has 0 bridgehead atoms. The molecule has 0 saturated carbocycles. The van der Waals surface area contributed by atoms with Crippen molar-refractivity contribution in [1.82, 2.24) is 0 Å². The Morgan fingerprint density at radius 1 is 0.963 bits per heavy atom. The second-order valence-electron chi connectivity index (χ2n) is 5.79. The molecule has 0 radical (unpaired) electrons. The summed E-state index contributed by atoms with van der Waals surface area (Å²) in [5.41, 5.74) is 7.89. The molecule has 0 unspecified atom stereocenters. The van der Waals surface area contributed by atoms with Crippen LogP contribution in [0.1, 0.15) is 17.0 Å². The van der Waals surface area contributed by atoms with Crippen LogP contribution in [0.5, 0.6) is 28.7 Å². The summed E-state index contributed by atoms with van der Waals surface area (Å²) in [6.07, 6.45) is 0. The SMILES string of the molecule is COc1ccc2c(c1)OC(N)=C(C#N)[C@@H]2c1cc(OC)c(OC)c(OC)c1. The van der Waals surface area contributed by atoms with Crippen molar-refractivity contribution in [2.45, 2.75) is 5.92 Å². The molecular weight excluding hydrogens is 348 g/mol. The Labute approximate surface area is 157 Å². The summed E-state index contributed by atoms with van der Waals surface area (Å²) < 4.78 is 27.2. The lowest BCUT2D eigenvalue weighted by molar-refractivity contribution is 0.323. The third-order valence-electron chi connectivity index (χ3n) is 4.45. The molecule has 1 aliphatic rings. The molecule has 7 nitrogen and oxygen atoms in total. The van der Waals surface area contributed by atoms with E-state index in [0.29, 0.717) is 34.3 Å². The Bertz CT molecular complexity index is 921. The normalized spacial score (nSPS) is 15.3. The van der Waals surface area contributed by atoms with E-state index in [0.717, 1.165) is 11.1 Å². The molecule has 1 atom stereocenters. The number of allylic oxidation sites excluding steroid dienone is 1. The first-order valence-corrected chi connectivity index (χ1v) is 8.13. The summed E-state index contributed by atoms with van der Waals surface area (Å²) >= 11 is 0. The molecule has 27 heavy (non-hydrogen) atoms. The third-order valence-corrected chi connectivity index (χ3v) is 4.45. The minimum absolute atomic E-state index is 0.0528. The van der Waals surface area contributed by atoms with E-state index in [-0.39, 0.29) is 5.88 Å². The second kappa shape index (κ2) is 7.38. The van der Waals surface area contributed by atoms with Gasteiger partial charge in [-0.25, -0.2) is 0 Å². The van der Waals surface area contributed by atoms with Crippen molar-refractivity contribution in [3.63, 3.8) is 0 Å². The van der Waals surface area contributed by atoms with Crippen molar-refractivity contribution in [1.29, 1.82) is 5.26 Å². The van der Waals surface area contributed by atoms with Crippen LogP contribution in [0.15, 0.2) is 41.8 Å². The maximum atomic E-state index is 9.69. The lowest BCUT2D eigenvalue weighted by Gasteiger charge is -2.27. The van der Waals surface area contributed by atoms with Crippen LogP contribution in [-0.4, -0.2) is 28.4 Å². The van der Waals surface area contributed by atoms with Gasteiger partial charge in [-0.1, -0.05) is 6.07 Å². The van der Waals surface area contributed by atoms with Gasteiger partial charge in [-0.15, -0.1) is 0 Å². The highest BCUT2D eigenvalue weighted by atomic mass is 16.5. The van der Waals surface area contributed by atoms with Crippen LogP contribution < -0.4 is 29.4 Å². The van der Waals surface area contributed by atoms with E-state index in [1.165, 1.54) is 7.11 Å². The fraction of sp³-hybridized carbons (Fsp3) is 0.250. The zero-order valence-electron chi connectivity index (χ0n) is 15.5. The summed E-state index contributed by atoms with van der Waals surface area (Å²) in [6.45, 7) is 0. The maximum Gasteiger partial charge on any atom is 0.205 e. The largest absolute Gasteiger partial charge is 0.497 e. The zero-order valence-corrected chi connectivity index (χ0v) is 15.5. The molecule has 0 aliphatic carbocycles. The van der Waals surface area contributed by atoms with Crippen molar-refractivity contribution in [2.24, 2.45) is 5.73 Å². The minimum atomic E-state index is -0.446. The average Bonchev–Trinajstić information content (AvgIpc) is 2.70. The Morgan fingerprint density at radius 3 is 2.15 bits per heavy atom. The van der Waals surface area contributed by atoms with Gasteiger partial charge >= 0.3 is 0 Å². The number of rotatable bonds is 5. The van der Waals surface area contributed by atoms with Crippen LogP contribution in [0.3, 0.4) is 0 Å². The minimum Gasteiger partial charge on any atom is -0.497 e. The molecule has 2 aromatic carbocycles. The van der Waals surface area contributed by atoms with Gasteiger partial charge in [-0.3, -0.25) is 0 Å². The van der Waals surface area contributed by atoms with E-state index in [1.54, 1.807) is 39.5 Å². The van der Waals surface area contributed by atoms with Gasteiger partial charge in [0.25, 0.3) is 0 Å². The van der Waals surface area contributed by atoms with Crippen molar-refractivity contribution < 1.29 is 23.7 Å². The summed E-state index contributed by atoms with van der Waals surface area (Å²) in [7, 11) is 6.19. The molecule has 0 amide bonds. The lowest BCUT2D eigenvalue weighted by atomic mass is 9.83. The highest BCUT2D eigenvalue weighted by molar-refractivity contribution is 5.62. The predicted octanol–water partition coefficient (Wildman–Crippen LogP) is 2.94. The van der Waals surface area contributed by atoms with E-state index in [4.69, 9.17) is 29.4 Å². The van der Waals surface area contributed by atoms with E-state index in [2.05, 4.69) is 6.07 Å². The number of benzene rings is 2. The lowest BCUT2D eigenvalue weighted by Crippen LogP contribution is -2.21. The van der Waals surface area contributed by atoms with E-state index < -0.39 is 5.92 Å². The number of hydrogen-bond acceptors (Lipinski definition) is 7. The van der Waals surface area contributed by atoms with Crippen molar-refractivity contribution in [2.75, 3.05) is 28.4 Å². The first-order valence-electron chi connectivity index (χ1n) is 8.13. The molecule has 7 heteroatoms. The Hall–Kier alpha value is -3.53. The fourth-order valence-corrected chi connectivity index (χ4v) is 3.17. The zero-order chi connectivity index (χ0) is 19.6. The quantitative estimate of drug-likeness (QED) is 0.867. The van der Waals surface area contributed by atoms with E-state index in [1.807, 2.05) is 12.1 Å². The van der Waals surface area contributed by atoms with Gasteiger partial charge in [-0.05, 0) is 23.8 Å². The van der Waals surface area contributed by atoms with Crippen molar-refractivity contribution in [3.8, 4) is 34.8 Å². The molecule has 2 aromatic rings. The summed E-state index contributed by atoms with van der Waals surface area (Å²) in [5, 5.41) is 9.69. The molecule has 1 heterocycles. The van der Waals surface area contributed by atoms with Gasteiger partial charge in [0.1, 0.15) is 23.1 Å². The van der Waals surface area contributed by atoms with Crippen LogP contribution in [0.25, 0.3) is 0 Å². The van der Waals surface area contributed by atoms with Crippen molar-refractivity contribution >= 4 is 0 Å². The summed E-state index contributed by atoms with van der Waals surface area (Å²) in [4.78, 5) is 0. The second-order valence-corrected chi connectivity index (χ2v) is 5.79. The van der Waals surface area contributed by atoms with E-state index >= 15 is 0 Å². The molecule has 140 valence electrons. The molecule has 0 saturated heterocycles. The molecule has 0 fully saturated rings. The van der Waals surface area contributed by atoms with Gasteiger partial charge < -0.3 is 29.4 Å². The Balaban J connectivity index is 2.25. The predicted molar refractivity (Wildman–Crippen MR) is 98.4 cm³/mol. The number of nitrogens with zero attached hydrogens (tertiary/aromatic N) is 1. The fourth-order valence-electron chi connectivity index (χ4n) is 3.17. The number of fused-ring (bicyclic) bond motifs is 1. The molecule has 2 N–H and O–H groups in total. The monoisotopic (exact) mass is 368 g/mol. The smallest absolute Gasteiger partial charge is 0.205 e. The molecular formula is C20H20N2O5. The number of methoxy groups -OCH3 is 4. The van der Waals surface area contributed by atoms with Crippen LogP contribution in [0, 0.1) is 11.3 Å². The summed E-state index contributed by atoms with van der Waals surface area (Å²) in [6, 6.07) is 11.2. The van der Waals surface area contributed by atoms with Crippen molar-refractivity contribution in [3.05, 3.63) is 52.9 Å². The third kappa shape index (κ3) is 3.06. The standard InChI is InChI=1S/C20H20N2O5/c1-23-12-5-6-13-15(9-12)27-20(22)14(10-21)18(13)11-7-16(24-2)19(26-4)17(8-11)25-3/h5-9,18H,22H2,1-4H3/t18-/m1/s1. The van der Waals surface area contributed by atoms with Gasteiger partial charge in [0.15, 0.2) is 11.5 Å². The number of nitrogens with two attached hydrogens (primary N) is 1.